The van der Waals surface area contributed by atoms with Crippen molar-refractivity contribution in [3.05, 3.63) is 23.6 Å². The third-order valence-electron chi connectivity index (χ3n) is 4.09. The molecule has 1 saturated carbocycles. The van der Waals surface area contributed by atoms with Gasteiger partial charge in [0, 0.05) is 19.0 Å². The molecule has 1 amide bonds. The molecule has 1 aliphatic carbocycles. The van der Waals surface area contributed by atoms with E-state index in [9.17, 15) is 9.59 Å². The van der Waals surface area contributed by atoms with Crippen molar-refractivity contribution in [1.82, 2.24) is 4.90 Å². The lowest BCUT2D eigenvalue weighted by molar-refractivity contribution is -0.126. The first-order valence-corrected chi connectivity index (χ1v) is 6.96. The van der Waals surface area contributed by atoms with Crippen LogP contribution in [0.15, 0.2) is 12.2 Å². The van der Waals surface area contributed by atoms with Gasteiger partial charge in [-0.25, -0.2) is 6.57 Å². The molecule has 1 aliphatic heterocycles. The van der Waals surface area contributed by atoms with Gasteiger partial charge in [-0.3, -0.25) is 9.59 Å². The van der Waals surface area contributed by atoms with Crippen LogP contribution in [0.2, 0.25) is 0 Å². The van der Waals surface area contributed by atoms with Gasteiger partial charge in [-0.05, 0) is 31.8 Å². The quantitative estimate of drug-likeness (QED) is 0.580. The van der Waals surface area contributed by atoms with Gasteiger partial charge in [-0.15, -0.1) is 0 Å². The number of amides is 1. The fraction of sp³-hybridized carbons (Fsp3) is 0.600. The topological polar surface area (TPSA) is 65.5 Å². The normalized spacial score (nSPS) is 29.3. The first kappa shape index (κ1) is 14.3. The van der Waals surface area contributed by atoms with Gasteiger partial charge < -0.3 is 9.74 Å². The maximum atomic E-state index is 12.0. The molecule has 3 atom stereocenters. The Labute approximate surface area is 118 Å². The van der Waals surface area contributed by atoms with Gasteiger partial charge in [-0.1, -0.05) is 0 Å². The lowest BCUT2D eigenvalue weighted by Gasteiger charge is -2.17. The van der Waals surface area contributed by atoms with Crippen molar-refractivity contribution in [3.8, 4) is 6.07 Å². The van der Waals surface area contributed by atoms with Crippen molar-refractivity contribution in [3.63, 3.8) is 0 Å². The third-order valence-corrected chi connectivity index (χ3v) is 4.09. The van der Waals surface area contributed by atoms with E-state index in [2.05, 4.69) is 10.9 Å². The van der Waals surface area contributed by atoms with Gasteiger partial charge in [0.1, 0.15) is 6.04 Å². The van der Waals surface area contributed by atoms with Crippen LogP contribution >= 0.6 is 0 Å². The zero-order valence-corrected chi connectivity index (χ0v) is 11.3. The van der Waals surface area contributed by atoms with Crippen LogP contribution < -0.4 is 0 Å². The molecule has 20 heavy (non-hydrogen) atoms. The van der Waals surface area contributed by atoms with Crippen LogP contribution in [-0.4, -0.2) is 35.2 Å². The number of ketones is 1. The van der Waals surface area contributed by atoms with Crippen molar-refractivity contribution >= 4 is 11.7 Å². The van der Waals surface area contributed by atoms with E-state index in [0.717, 1.165) is 25.7 Å². The van der Waals surface area contributed by atoms with Crippen molar-refractivity contribution in [1.29, 1.82) is 5.26 Å². The molecule has 2 aliphatic rings. The molecule has 0 aromatic rings. The summed E-state index contributed by atoms with van der Waals surface area (Å²) in [5.74, 6) is -0.675. The number of allylic oxidation sites excluding steroid dienone is 1. The van der Waals surface area contributed by atoms with Crippen LogP contribution in [0, 0.1) is 23.8 Å². The monoisotopic (exact) mass is 271 g/mol. The predicted molar refractivity (Wildman–Crippen MR) is 72.2 cm³/mol. The number of nitrogens with zero attached hydrogens (tertiary/aromatic N) is 3. The summed E-state index contributed by atoms with van der Waals surface area (Å²) >= 11 is 0. The maximum absolute atomic E-state index is 12.0. The second-order valence-corrected chi connectivity index (χ2v) is 5.29. The molecule has 2 rings (SSSR count). The van der Waals surface area contributed by atoms with Gasteiger partial charge in [0.2, 0.25) is 11.9 Å². The number of carbonyl (C=O) groups excluding carboxylic acids is 2. The minimum atomic E-state index is -0.371. The highest BCUT2D eigenvalue weighted by atomic mass is 16.2. The highest BCUT2D eigenvalue weighted by Gasteiger charge is 2.36. The van der Waals surface area contributed by atoms with Gasteiger partial charge in [0.25, 0.3) is 0 Å². The number of nitriles is 1. The van der Waals surface area contributed by atoms with Gasteiger partial charge in [0.05, 0.1) is 12.0 Å². The third kappa shape index (κ3) is 2.88. The van der Waals surface area contributed by atoms with Crippen LogP contribution in [0.3, 0.4) is 0 Å². The molecule has 0 aromatic carbocycles. The highest BCUT2D eigenvalue weighted by molar-refractivity contribution is 5.99. The van der Waals surface area contributed by atoms with Gasteiger partial charge in [-0.2, -0.15) is 5.26 Å². The van der Waals surface area contributed by atoms with Crippen LogP contribution in [-0.2, 0) is 9.59 Å². The van der Waals surface area contributed by atoms with Crippen molar-refractivity contribution in [2.75, 3.05) is 6.54 Å². The molecule has 1 unspecified atom stereocenters. The second-order valence-electron chi connectivity index (χ2n) is 5.29. The molecule has 0 bridgehead atoms. The summed E-state index contributed by atoms with van der Waals surface area (Å²) in [6, 6.07) is 1.49. The molecule has 0 radical (unpaired) electrons. The maximum Gasteiger partial charge on any atom is 0.247 e. The summed E-state index contributed by atoms with van der Waals surface area (Å²) in [4.78, 5) is 29.0. The summed E-state index contributed by atoms with van der Waals surface area (Å²) in [6.07, 6.45) is 6.48. The van der Waals surface area contributed by atoms with Crippen molar-refractivity contribution in [2.45, 2.75) is 44.2 Å². The Morgan fingerprint density at radius 1 is 1.25 bits per heavy atom. The molecule has 0 N–H and O–H groups in total. The van der Waals surface area contributed by atoms with E-state index in [-0.39, 0.29) is 29.7 Å². The summed E-state index contributed by atoms with van der Waals surface area (Å²) in [5, 5.41) is 8.93. The number of carbonyl (C=O) groups is 2. The van der Waals surface area contributed by atoms with E-state index < -0.39 is 0 Å². The molecule has 5 nitrogen and oxygen atoms in total. The Bertz CT molecular complexity index is 466. The molecule has 0 spiro atoms. The van der Waals surface area contributed by atoms with Crippen LogP contribution in [0.5, 0.6) is 0 Å². The average molecular weight is 271 g/mol. The number of hydrogen-bond donors (Lipinski definition) is 0. The smallest absolute Gasteiger partial charge is 0.247 e. The lowest BCUT2D eigenvalue weighted by atomic mass is 9.98. The molecule has 0 aromatic heterocycles. The van der Waals surface area contributed by atoms with Crippen molar-refractivity contribution in [2.24, 2.45) is 5.92 Å². The molecular formula is C15H17N3O2. The average Bonchev–Trinajstić information content (AvgIpc) is 3.11. The lowest BCUT2D eigenvalue weighted by Crippen LogP contribution is -2.33. The van der Waals surface area contributed by atoms with Crippen LogP contribution in [0.25, 0.3) is 4.85 Å². The Balaban J connectivity index is 1.96. The fourth-order valence-electron chi connectivity index (χ4n) is 2.96. The Morgan fingerprint density at radius 2 is 2.05 bits per heavy atom. The molecule has 1 saturated heterocycles. The van der Waals surface area contributed by atoms with E-state index in [1.165, 1.54) is 17.1 Å². The van der Waals surface area contributed by atoms with E-state index >= 15 is 0 Å². The first-order valence-electron chi connectivity index (χ1n) is 6.96. The zero-order chi connectivity index (χ0) is 14.5. The number of likely N-dealkylation sites (tertiary alicyclic amines) is 1. The first-order chi connectivity index (χ1) is 9.67. The minimum Gasteiger partial charge on any atom is -0.323 e. The summed E-state index contributed by atoms with van der Waals surface area (Å²) < 4.78 is 0. The van der Waals surface area contributed by atoms with Crippen molar-refractivity contribution < 1.29 is 9.59 Å². The van der Waals surface area contributed by atoms with Gasteiger partial charge >= 0.3 is 0 Å². The standard InChI is InChI=1S/C15H17N3O2/c1-17-13-6-2-5-12(13)14(19)7-8-15(20)18-9-3-4-11(18)10-16/h7-8,11-13H,2-6,9H2/t11-,12?,13+/m0/s1. The van der Waals surface area contributed by atoms with Crippen LogP contribution in [0.1, 0.15) is 32.1 Å². The number of hydrogen-bond acceptors (Lipinski definition) is 3. The predicted octanol–water partition coefficient (Wildman–Crippen LogP) is 1.71. The van der Waals surface area contributed by atoms with Crippen LogP contribution in [0.4, 0.5) is 0 Å². The highest BCUT2D eigenvalue weighted by Crippen LogP contribution is 2.29. The molecule has 2 fully saturated rings. The molecular weight excluding hydrogens is 254 g/mol. The van der Waals surface area contributed by atoms with E-state index in [4.69, 9.17) is 11.8 Å². The largest absolute Gasteiger partial charge is 0.323 e. The molecule has 5 heteroatoms. The summed E-state index contributed by atoms with van der Waals surface area (Å²) in [6.45, 7) is 7.64. The molecule has 1 heterocycles. The Kier molecular flexibility index (Phi) is 4.53. The Morgan fingerprint density at radius 3 is 2.75 bits per heavy atom. The number of rotatable bonds is 3. The summed E-state index contributed by atoms with van der Waals surface area (Å²) in [5.41, 5.74) is 0. The minimum absolute atomic E-state index is 0.135. The van der Waals surface area contributed by atoms with E-state index in [1.807, 2.05) is 0 Å². The van der Waals surface area contributed by atoms with Gasteiger partial charge in [0.15, 0.2) is 5.78 Å². The zero-order valence-electron chi connectivity index (χ0n) is 11.3. The fourth-order valence-corrected chi connectivity index (χ4v) is 2.96. The van der Waals surface area contributed by atoms with E-state index in [0.29, 0.717) is 13.0 Å². The molecule has 104 valence electrons. The second kappa shape index (κ2) is 6.34. The SMILES string of the molecule is [C-]#[N+][C@@H]1CCCC1C(=O)C=CC(=O)N1CCC[C@H]1C#N. The van der Waals surface area contributed by atoms with E-state index in [1.54, 1.807) is 0 Å². The Hall–Kier alpha value is -2.14. The summed E-state index contributed by atoms with van der Waals surface area (Å²) in [7, 11) is 0.